The van der Waals surface area contributed by atoms with Gasteiger partial charge in [0.25, 0.3) is 0 Å². The summed E-state index contributed by atoms with van der Waals surface area (Å²) in [4.78, 5) is 31.1. The van der Waals surface area contributed by atoms with E-state index < -0.39 is 23.6 Å². The van der Waals surface area contributed by atoms with Gasteiger partial charge in [0.2, 0.25) is 11.9 Å². The van der Waals surface area contributed by atoms with Gasteiger partial charge in [-0.05, 0) is 49.7 Å². The van der Waals surface area contributed by atoms with Crippen molar-refractivity contribution >= 4 is 34.9 Å². The van der Waals surface area contributed by atoms with E-state index in [0.717, 1.165) is 68.6 Å². The highest BCUT2D eigenvalue weighted by Crippen LogP contribution is 2.35. The number of piperidine rings is 2. The van der Waals surface area contributed by atoms with Crippen molar-refractivity contribution in [2.45, 2.75) is 56.5 Å². The number of halogens is 5. The molecule has 4 aromatic heterocycles. The highest BCUT2D eigenvalue weighted by atomic mass is 19.4. The predicted molar refractivity (Wildman–Crippen MR) is 171 cm³/mol. The van der Waals surface area contributed by atoms with Crippen LogP contribution in [-0.4, -0.2) is 61.1 Å². The quantitative estimate of drug-likeness (QED) is 0.218. The molecule has 6 rings (SSSR count). The summed E-state index contributed by atoms with van der Waals surface area (Å²) in [6, 6.07) is 2.46. The lowest BCUT2D eigenvalue weighted by Gasteiger charge is -2.33. The van der Waals surface area contributed by atoms with Crippen molar-refractivity contribution in [2.75, 3.05) is 58.9 Å². The fourth-order valence-electron chi connectivity index (χ4n) is 5.82. The van der Waals surface area contributed by atoms with E-state index in [0.29, 0.717) is 30.4 Å². The molecular formula is C30H36F5N13. The number of hydrogen-bond donors (Lipinski definition) is 4. The number of rotatable bonds is 5. The first-order chi connectivity index (χ1) is 22.7. The Morgan fingerprint density at radius 2 is 1.04 bits per heavy atom. The Labute approximate surface area is 273 Å². The molecule has 6 heterocycles. The Morgan fingerprint density at radius 3 is 1.42 bits per heavy atom. The van der Waals surface area contributed by atoms with Gasteiger partial charge >= 0.3 is 12.1 Å². The second kappa shape index (κ2) is 13.9. The minimum Gasteiger partial charge on any atom is -0.383 e. The van der Waals surface area contributed by atoms with Gasteiger partial charge in [0.05, 0.1) is 30.0 Å². The fraction of sp³-hybridized carbons (Fsp3) is 0.433. The van der Waals surface area contributed by atoms with Crippen LogP contribution in [-0.2, 0) is 12.1 Å². The van der Waals surface area contributed by atoms with Gasteiger partial charge in [-0.15, -0.1) is 0 Å². The summed E-state index contributed by atoms with van der Waals surface area (Å²) in [7, 11) is 0. The van der Waals surface area contributed by atoms with Crippen LogP contribution in [0.15, 0.2) is 43.1 Å². The number of pyridine rings is 1. The summed E-state index contributed by atoms with van der Waals surface area (Å²) in [6.45, 7) is 3.68. The lowest BCUT2D eigenvalue weighted by molar-refractivity contribution is -0.141. The summed E-state index contributed by atoms with van der Waals surface area (Å²) in [5.74, 6) is -1.92. The normalized spacial score (nSPS) is 16.4. The van der Waals surface area contributed by atoms with Crippen molar-refractivity contribution < 1.29 is 22.0 Å². The Hall–Kier alpha value is -5.16. The van der Waals surface area contributed by atoms with Gasteiger partial charge in [-0.3, -0.25) is 0 Å². The fourth-order valence-corrected chi connectivity index (χ4v) is 5.82. The topological polar surface area (TPSA) is 201 Å². The van der Waals surface area contributed by atoms with Crippen LogP contribution in [0.4, 0.5) is 56.9 Å². The first-order valence-electron chi connectivity index (χ1n) is 15.2. The van der Waals surface area contributed by atoms with Crippen LogP contribution in [0.1, 0.15) is 67.1 Å². The maximum absolute atomic E-state index is 13.2. The smallest absolute Gasteiger partial charge is 0.383 e. The maximum Gasteiger partial charge on any atom is 0.433 e. The van der Waals surface area contributed by atoms with Gasteiger partial charge in [-0.2, -0.15) is 31.9 Å². The summed E-state index contributed by atoms with van der Waals surface area (Å²) >= 11 is 0. The zero-order chi connectivity index (χ0) is 34.6. The minimum atomic E-state index is -4.42. The Bertz CT molecular complexity index is 1540. The number of nitrogen functional groups attached to an aromatic ring is 4. The zero-order valence-electron chi connectivity index (χ0n) is 26.1. The van der Waals surface area contributed by atoms with Crippen LogP contribution in [0, 0.1) is 0 Å². The van der Waals surface area contributed by atoms with Gasteiger partial charge in [0, 0.05) is 56.6 Å². The van der Waals surface area contributed by atoms with Crippen LogP contribution < -0.4 is 32.7 Å². The molecule has 0 saturated carbocycles. The maximum atomic E-state index is 13.2. The van der Waals surface area contributed by atoms with E-state index in [-0.39, 0.29) is 23.7 Å². The Balaban J connectivity index is 0.000000188. The molecular weight excluding hydrogens is 637 g/mol. The monoisotopic (exact) mass is 673 g/mol. The Morgan fingerprint density at radius 1 is 0.604 bits per heavy atom. The van der Waals surface area contributed by atoms with Crippen molar-refractivity contribution in [3.05, 3.63) is 65.8 Å². The highest BCUT2D eigenvalue weighted by molar-refractivity contribution is 5.48. The van der Waals surface area contributed by atoms with Gasteiger partial charge in [0.1, 0.15) is 17.3 Å². The van der Waals surface area contributed by atoms with Crippen LogP contribution in [0.25, 0.3) is 0 Å². The standard InChI is InChI=1S/C15H17F3N6.C15H19F2N7/c16-15(17,18)12-2-1-10(7-21-12)24-5-3-9(4-6-24)11-8-22-14(20)23-13(11)19;1-15(16,17)13-20-6-10(7-21-13)24-4-2-9(3-5-24)11-8-22-14(19)23-12(11)18/h1-2,7-9H,3-6H2,(H4,19,20,22,23);6-9H,2-5H2,1H3,(H4,18,19,22,23). The molecule has 2 fully saturated rings. The van der Waals surface area contributed by atoms with Gasteiger partial charge < -0.3 is 32.7 Å². The highest BCUT2D eigenvalue weighted by Gasteiger charge is 2.33. The number of alkyl halides is 5. The first kappa shape index (κ1) is 34.2. The number of nitrogens with zero attached hydrogens (tertiary/aromatic N) is 9. The summed E-state index contributed by atoms with van der Waals surface area (Å²) in [5, 5.41) is 0. The van der Waals surface area contributed by atoms with Crippen molar-refractivity contribution in [3.8, 4) is 0 Å². The van der Waals surface area contributed by atoms with Crippen LogP contribution in [0.2, 0.25) is 0 Å². The lowest BCUT2D eigenvalue weighted by atomic mass is 9.90. The molecule has 0 unspecified atom stereocenters. The average Bonchev–Trinajstić information content (AvgIpc) is 3.05. The molecule has 13 nitrogen and oxygen atoms in total. The van der Waals surface area contributed by atoms with Crippen molar-refractivity contribution in [1.29, 1.82) is 0 Å². The number of hydrogen-bond acceptors (Lipinski definition) is 13. The second-order valence-corrected chi connectivity index (χ2v) is 11.7. The van der Waals surface area contributed by atoms with E-state index in [1.165, 1.54) is 24.7 Å². The first-order valence-corrected chi connectivity index (χ1v) is 15.2. The van der Waals surface area contributed by atoms with Crippen LogP contribution in [0.5, 0.6) is 0 Å². The minimum absolute atomic E-state index is 0.143. The Kier molecular flexibility index (Phi) is 9.90. The molecule has 2 aliphatic heterocycles. The van der Waals surface area contributed by atoms with E-state index in [1.807, 2.05) is 4.90 Å². The molecule has 256 valence electrons. The largest absolute Gasteiger partial charge is 0.433 e. The SMILES string of the molecule is CC(F)(F)c1ncc(N2CCC(c3cnc(N)nc3N)CC2)cn1.Nc1ncc(C2CCN(c3ccc(C(F)(F)F)nc3)CC2)c(N)n1. The number of nitrogens with two attached hydrogens (primary N) is 4. The molecule has 0 radical (unpaired) electrons. The molecule has 0 aliphatic carbocycles. The van der Waals surface area contributed by atoms with Gasteiger partial charge in [-0.1, -0.05) is 0 Å². The van der Waals surface area contributed by atoms with Crippen LogP contribution in [0.3, 0.4) is 0 Å². The van der Waals surface area contributed by atoms with E-state index >= 15 is 0 Å². The molecule has 2 saturated heterocycles. The molecule has 0 bridgehead atoms. The average molecular weight is 674 g/mol. The predicted octanol–water partition coefficient (Wildman–Crippen LogP) is 4.37. The third-order valence-electron chi connectivity index (χ3n) is 8.40. The lowest BCUT2D eigenvalue weighted by Crippen LogP contribution is -2.33. The molecule has 0 spiro atoms. The zero-order valence-corrected chi connectivity index (χ0v) is 26.1. The molecule has 4 aromatic rings. The second-order valence-electron chi connectivity index (χ2n) is 11.7. The molecule has 0 amide bonds. The van der Waals surface area contributed by atoms with Crippen molar-refractivity contribution in [3.63, 3.8) is 0 Å². The molecule has 48 heavy (non-hydrogen) atoms. The van der Waals surface area contributed by atoms with Crippen molar-refractivity contribution in [2.24, 2.45) is 0 Å². The van der Waals surface area contributed by atoms with Gasteiger partial charge in [0.15, 0.2) is 5.82 Å². The van der Waals surface area contributed by atoms with Crippen molar-refractivity contribution in [1.82, 2.24) is 34.9 Å². The van der Waals surface area contributed by atoms with E-state index in [4.69, 9.17) is 22.9 Å². The van der Waals surface area contributed by atoms with E-state index in [2.05, 4.69) is 39.8 Å². The van der Waals surface area contributed by atoms with Crippen LogP contribution >= 0.6 is 0 Å². The third-order valence-corrected chi connectivity index (χ3v) is 8.40. The number of aromatic nitrogens is 7. The molecule has 0 atom stereocenters. The summed E-state index contributed by atoms with van der Waals surface area (Å²) in [5.41, 5.74) is 25.1. The summed E-state index contributed by atoms with van der Waals surface area (Å²) < 4.78 is 64.0. The molecule has 8 N–H and O–H groups in total. The molecule has 0 aromatic carbocycles. The third kappa shape index (κ3) is 8.21. The van der Waals surface area contributed by atoms with E-state index in [9.17, 15) is 22.0 Å². The number of anilines is 6. The van der Waals surface area contributed by atoms with E-state index in [1.54, 1.807) is 12.4 Å². The molecule has 2 aliphatic rings. The summed E-state index contributed by atoms with van der Waals surface area (Å²) in [6.07, 6.45) is 6.38. The molecule has 18 heteroatoms. The van der Waals surface area contributed by atoms with Gasteiger partial charge in [-0.25, -0.2) is 24.9 Å².